The Labute approximate surface area is 127 Å². The molecule has 21 heavy (non-hydrogen) atoms. The number of methoxy groups -OCH3 is 1. The molecule has 0 bridgehead atoms. The number of hydrogen-bond donors (Lipinski definition) is 1. The lowest BCUT2D eigenvalue weighted by Gasteiger charge is -2.27. The number of carbonyl (C=O) groups excluding carboxylic acids is 1. The van der Waals surface area contributed by atoms with E-state index in [1.54, 1.807) is 24.6 Å². The second-order valence-corrected chi connectivity index (χ2v) is 5.91. The third-order valence-corrected chi connectivity index (χ3v) is 4.57. The van der Waals surface area contributed by atoms with Gasteiger partial charge in [0.1, 0.15) is 0 Å². The molecule has 0 aromatic carbocycles. The minimum atomic E-state index is -0.0253. The van der Waals surface area contributed by atoms with Gasteiger partial charge in [-0.15, -0.1) is 11.3 Å². The van der Waals surface area contributed by atoms with E-state index in [0.717, 1.165) is 18.5 Å². The highest BCUT2D eigenvalue weighted by atomic mass is 32.1. The van der Waals surface area contributed by atoms with Crippen LogP contribution in [0.1, 0.15) is 16.0 Å². The number of amides is 2. The standard InChI is InChI=1S/C15H17N3O2S/c1-20-14-8-11(2-5-16-14)9-17-15(19)18-6-3-13-12(10-18)4-7-21-13/h2,4-5,7-8H,3,6,9-10H2,1H3,(H,17,19). The van der Waals surface area contributed by atoms with Gasteiger partial charge in [-0.2, -0.15) is 0 Å². The average molecular weight is 303 g/mol. The summed E-state index contributed by atoms with van der Waals surface area (Å²) in [7, 11) is 1.58. The molecule has 2 aromatic rings. The molecule has 3 rings (SSSR count). The maximum Gasteiger partial charge on any atom is 0.317 e. The Morgan fingerprint density at radius 2 is 2.43 bits per heavy atom. The van der Waals surface area contributed by atoms with E-state index in [1.165, 1.54) is 10.4 Å². The van der Waals surface area contributed by atoms with Gasteiger partial charge in [0.25, 0.3) is 0 Å². The van der Waals surface area contributed by atoms with Gasteiger partial charge in [0, 0.05) is 36.8 Å². The van der Waals surface area contributed by atoms with E-state index in [1.807, 2.05) is 17.0 Å². The molecule has 0 unspecified atom stereocenters. The molecule has 110 valence electrons. The first-order valence-corrected chi connectivity index (χ1v) is 7.71. The van der Waals surface area contributed by atoms with Gasteiger partial charge < -0.3 is 15.0 Å². The highest BCUT2D eigenvalue weighted by molar-refractivity contribution is 7.10. The fraction of sp³-hybridized carbons (Fsp3) is 0.333. The predicted octanol–water partition coefficient (Wildman–Crippen LogP) is 2.42. The number of nitrogens with zero attached hydrogens (tertiary/aromatic N) is 2. The van der Waals surface area contributed by atoms with E-state index in [9.17, 15) is 4.79 Å². The Balaban J connectivity index is 1.57. The summed E-state index contributed by atoms with van der Waals surface area (Å²) >= 11 is 1.77. The molecule has 5 nitrogen and oxygen atoms in total. The molecular weight excluding hydrogens is 286 g/mol. The number of aromatic nitrogens is 1. The zero-order valence-electron chi connectivity index (χ0n) is 11.8. The number of carbonyl (C=O) groups is 1. The number of fused-ring (bicyclic) bond motifs is 1. The van der Waals surface area contributed by atoms with E-state index >= 15 is 0 Å². The third kappa shape index (κ3) is 3.16. The molecule has 0 fully saturated rings. The monoisotopic (exact) mass is 303 g/mol. The Morgan fingerprint density at radius 3 is 3.29 bits per heavy atom. The first-order valence-electron chi connectivity index (χ1n) is 6.83. The molecule has 1 N–H and O–H groups in total. The molecule has 1 aliphatic rings. The van der Waals surface area contributed by atoms with Crippen molar-refractivity contribution in [2.45, 2.75) is 19.5 Å². The zero-order valence-corrected chi connectivity index (χ0v) is 12.7. The second kappa shape index (κ2) is 6.13. The first-order chi connectivity index (χ1) is 10.3. The summed E-state index contributed by atoms with van der Waals surface area (Å²) in [5.41, 5.74) is 2.25. The van der Waals surface area contributed by atoms with Crippen LogP contribution in [0, 0.1) is 0 Å². The Morgan fingerprint density at radius 1 is 1.52 bits per heavy atom. The van der Waals surface area contributed by atoms with Crippen molar-refractivity contribution in [3.63, 3.8) is 0 Å². The molecule has 3 heterocycles. The van der Waals surface area contributed by atoms with Gasteiger partial charge >= 0.3 is 6.03 Å². The summed E-state index contributed by atoms with van der Waals surface area (Å²) in [4.78, 5) is 19.5. The summed E-state index contributed by atoms with van der Waals surface area (Å²) in [6.45, 7) is 1.95. The summed E-state index contributed by atoms with van der Waals surface area (Å²) in [5.74, 6) is 0.558. The number of pyridine rings is 1. The summed E-state index contributed by atoms with van der Waals surface area (Å²) in [6.07, 6.45) is 2.63. The smallest absolute Gasteiger partial charge is 0.317 e. The molecule has 2 aromatic heterocycles. The van der Waals surface area contributed by atoms with E-state index in [0.29, 0.717) is 19.0 Å². The van der Waals surface area contributed by atoms with E-state index in [2.05, 4.69) is 21.7 Å². The van der Waals surface area contributed by atoms with Crippen LogP contribution in [0.2, 0.25) is 0 Å². The molecule has 6 heteroatoms. The molecule has 0 atom stereocenters. The van der Waals surface area contributed by atoms with Crippen LogP contribution in [0.4, 0.5) is 4.79 Å². The lowest BCUT2D eigenvalue weighted by atomic mass is 10.1. The minimum absolute atomic E-state index is 0.0253. The topological polar surface area (TPSA) is 54.5 Å². The van der Waals surface area contributed by atoms with Crippen LogP contribution in [0.15, 0.2) is 29.8 Å². The fourth-order valence-electron chi connectivity index (χ4n) is 2.38. The number of urea groups is 1. The molecule has 1 aliphatic heterocycles. The van der Waals surface area contributed by atoms with Crippen molar-refractivity contribution in [1.82, 2.24) is 15.2 Å². The second-order valence-electron chi connectivity index (χ2n) is 4.91. The van der Waals surface area contributed by atoms with Gasteiger partial charge in [0.05, 0.1) is 7.11 Å². The SMILES string of the molecule is COc1cc(CNC(=O)N2CCc3sccc3C2)ccn1. The van der Waals surface area contributed by atoms with E-state index < -0.39 is 0 Å². The van der Waals surface area contributed by atoms with Crippen molar-refractivity contribution in [2.75, 3.05) is 13.7 Å². The van der Waals surface area contributed by atoms with Crippen LogP contribution in [0.3, 0.4) is 0 Å². The number of hydrogen-bond acceptors (Lipinski definition) is 4. The molecule has 0 aliphatic carbocycles. The van der Waals surface area contributed by atoms with E-state index in [-0.39, 0.29) is 6.03 Å². The van der Waals surface area contributed by atoms with Gasteiger partial charge in [-0.3, -0.25) is 0 Å². The lowest BCUT2D eigenvalue weighted by Crippen LogP contribution is -2.42. The molecular formula is C15H17N3O2S. The quantitative estimate of drug-likeness (QED) is 0.947. The van der Waals surface area contributed by atoms with Crippen LogP contribution >= 0.6 is 11.3 Å². The Kier molecular flexibility index (Phi) is 4.06. The fourth-order valence-corrected chi connectivity index (χ4v) is 3.27. The van der Waals surface area contributed by atoms with E-state index in [4.69, 9.17) is 4.74 Å². The van der Waals surface area contributed by atoms with Crippen LogP contribution in [0.5, 0.6) is 5.88 Å². The van der Waals surface area contributed by atoms with Gasteiger partial charge in [-0.05, 0) is 35.1 Å². The summed E-state index contributed by atoms with van der Waals surface area (Å²) < 4.78 is 5.08. The van der Waals surface area contributed by atoms with Crippen LogP contribution in [-0.2, 0) is 19.5 Å². The minimum Gasteiger partial charge on any atom is -0.481 e. The summed E-state index contributed by atoms with van der Waals surface area (Å²) in [6, 6.07) is 5.78. The maximum absolute atomic E-state index is 12.2. The van der Waals surface area contributed by atoms with Gasteiger partial charge in [-0.1, -0.05) is 0 Å². The van der Waals surface area contributed by atoms with Gasteiger partial charge in [0.2, 0.25) is 5.88 Å². The molecule has 0 radical (unpaired) electrons. The third-order valence-electron chi connectivity index (χ3n) is 3.55. The average Bonchev–Trinajstić information content (AvgIpc) is 3.00. The van der Waals surface area contributed by atoms with Crippen molar-refractivity contribution in [3.05, 3.63) is 45.8 Å². The molecule has 2 amide bonds. The number of nitrogens with one attached hydrogen (secondary N) is 1. The summed E-state index contributed by atoms with van der Waals surface area (Å²) in [5, 5.41) is 5.04. The zero-order chi connectivity index (χ0) is 14.7. The highest BCUT2D eigenvalue weighted by Crippen LogP contribution is 2.23. The van der Waals surface area contributed by atoms with Crippen molar-refractivity contribution in [3.8, 4) is 5.88 Å². The molecule has 0 saturated heterocycles. The van der Waals surface area contributed by atoms with Crippen molar-refractivity contribution >= 4 is 17.4 Å². The normalized spacial score (nSPS) is 13.7. The van der Waals surface area contributed by atoms with Crippen molar-refractivity contribution < 1.29 is 9.53 Å². The largest absolute Gasteiger partial charge is 0.481 e. The van der Waals surface area contributed by atoms with Crippen molar-refractivity contribution in [1.29, 1.82) is 0 Å². The van der Waals surface area contributed by atoms with Crippen LogP contribution < -0.4 is 10.1 Å². The predicted molar refractivity (Wildman–Crippen MR) is 81.5 cm³/mol. The lowest BCUT2D eigenvalue weighted by molar-refractivity contribution is 0.192. The van der Waals surface area contributed by atoms with Crippen molar-refractivity contribution in [2.24, 2.45) is 0 Å². The maximum atomic E-state index is 12.2. The number of thiophene rings is 1. The van der Waals surface area contributed by atoms with Crippen LogP contribution in [-0.4, -0.2) is 29.6 Å². The van der Waals surface area contributed by atoms with Gasteiger partial charge in [-0.25, -0.2) is 9.78 Å². The Bertz CT molecular complexity index is 641. The highest BCUT2D eigenvalue weighted by Gasteiger charge is 2.21. The molecule has 0 saturated carbocycles. The number of rotatable bonds is 3. The Hall–Kier alpha value is -2.08. The van der Waals surface area contributed by atoms with Gasteiger partial charge in [0.15, 0.2) is 0 Å². The van der Waals surface area contributed by atoms with Crippen LogP contribution in [0.25, 0.3) is 0 Å². The first kappa shape index (κ1) is 13.9. The number of ether oxygens (including phenoxy) is 1. The molecule has 0 spiro atoms.